The lowest BCUT2D eigenvalue weighted by Crippen LogP contribution is -2.31. The van der Waals surface area contributed by atoms with E-state index in [0.717, 1.165) is 29.4 Å². The molecule has 3 nitrogen and oxygen atoms in total. The van der Waals surface area contributed by atoms with Gasteiger partial charge in [-0.2, -0.15) is 0 Å². The second kappa shape index (κ2) is 7.18. The van der Waals surface area contributed by atoms with Gasteiger partial charge >= 0.3 is 6.09 Å². The largest absolute Gasteiger partial charge is 0.445 e. The number of aryl methyl sites for hydroxylation is 1. The van der Waals surface area contributed by atoms with E-state index in [-0.39, 0.29) is 12.1 Å². The van der Waals surface area contributed by atoms with E-state index >= 15 is 0 Å². The number of hydrogen-bond acceptors (Lipinski definition) is 2. The molecule has 3 rings (SSSR count). The minimum Gasteiger partial charge on any atom is -0.445 e. The molecule has 1 fully saturated rings. The first-order valence-electron chi connectivity index (χ1n) is 7.88. The number of nitrogens with zero attached hydrogens (tertiary/aromatic N) is 1. The Labute approximate surface area is 145 Å². The summed E-state index contributed by atoms with van der Waals surface area (Å²) in [5.41, 5.74) is 3.38. The quantitative estimate of drug-likeness (QED) is 0.736. The van der Waals surface area contributed by atoms with Gasteiger partial charge in [-0.1, -0.05) is 58.4 Å². The first-order valence-corrected chi connectivity index (χ1v) is 8.68. The first-order chi connectivity index (χ1) is 11.1. The van der Waals surface area contributed by atoms with Gasteiger partial charge in [0.2, 0.25) is 0 Å². The van der Waals surface area contributed by atoms with Gasteiger partial charge in [-0.3, -0.25) is 0 Å². The molecule has 1 aliphatic heterocycles. The van der Waals surface area contributed by atoms with Crippen LogP contribution in [-0.2, 0) is 11.3 Å². The molecule has 1 saturated heterocycles. The van der Waals surface area contributed by atoms with Gasteiger partial charge in [0.25, 0.3) is 0 Å². The Bertz CT molecular complexity index is 687. The molecule has 0 aliphatic carbocycles. The van der Waals surface area contributed by atoms with E-state index in [2.05, 4.69) is 41.1 Å². The third-order valence-corrected chi connectivity index (χ3v) is 5.15. The van der Waals surface area contributed by atoms with Crippen molar-refractivity contribution in [2.45, 2.75) is 32.4 Å². The number of ether oxygens (including phenoxy) is 1. The number of hydrogen-bond donors (Lipinski definition) is 0. The van der Waals surface area contributed by atoms with Gasteiger partial charge in [-0.15, -0.1) is 0 Å². The number of carbonyl (C=O) groups is 1. The third kappa shape index (κ3) is 3.75. The fraction of sp³-hybridized carbons (Fsp3) is 0.316. The summed E-state index contributed by atoms with van der Waals surface area (Å²) < 4.78 is 6.59. The van der Waals surface area contributed by atoms with Gasteiger partial charge in [0.05, 0.1) is 6.04 Å². The molecule has 2 aromatic carbocycles. The van der Waals surface area contributed by atoms with Crippen molar-refractivity contribution in [1.82, 2.24) is 4.90 Å². The molecule has 1 atom stereocenters. The van der Waals surface area contributed by atoms with E-state index in [9.17, 15) is 4.79 Å². The predicted octanol–water partition coefficient (Wildman–Crippen LogP) is 5.23. The number of rotatable bonds is 3. The molecule has 0 spiro atoms. The number of benzene rings is 2. The molecule has 0 N–H and O–H groups in total. The summed E-state index contributed by atoms with van der Waals surface area (Å²) in [5.74, 6) is 0. The van der Waals surface area contributed by atoms with Crippen LogP contribution in [0.4, 0.5) is 4.79 Å². The molecule has 1 amide bonds. The lowest BCUT2D eigenvalue weighted by molar-refractivity contribution is 0.0920. The highest BCUT2D eigenvalue weighted by Gasteiger charge is 2.31. The number of carbonyl (C=O) groups excluding carboxylic acids is 1. The van der Waals surface area contributed by atoms with Crippen LogP contribution in [0.2, 0.25) is 0 Å². The van der Waals surface area contributed by atoms with Crippen molar-refractivity contribution in [2.75, 3.05) is 6.54 Å². The SMILES string of the molecule is Cc1cc(C2CCCN2C(=O)OCc2ccccc2)ccc1Br. The summed E-state index contributed by atoms with van der Waals surface area (Å²) in [6.07, 6.45) is 1.78. The zero-order chi connectivity index (χ0) is 16.2. The maximum Gasteiger partial charge on any atom is 0.410 e. The molecule has 0 saturated carbocycles. The highest BCUT2D eigenvalue weighted by atomic mass is 79.9. The molecule has 0 aromatic heterocycles. The van der Waals surface area contributed by atoms with Gasteiger partial charge in [0, 0.05) is 11.0 Å². The van der Waals surface area contributed by atoms with E-state index in [1.807, 2.05) is 35.2 Å². The smallest absolute Gasteiger partial charge is 0.410 e. The highest BCUT2D eigenvalue weighted by molar-refractivity contribution is 9.10. The van der Waals surface area contributed by atoms with Crippen LogP contribution < -0.4 is 0 Å². The van der Waals surface area contributed by atoms with Crippen molar-refractivity contribution < 1.29 is 9.53 Å². The summed E-state index contributed by atoms with van der Waals surface area (Å²) in [6.45, 7) is 3.15. The van der Waals surface area contributed by atoms with E-state index in [4.69, 9.17) is 4.74 Å². The summed E-state index contributed by atoms with van der Waals surface area (Å²) >= 11 is 3.53. The lowest BCUT2D eigenvalue weighted by atomic mass is 10.0. The van der Waals surface area contributed by atoms with Crippen LogP contribution >= 0.6 is 15.9 Å². The monoisotopic (exact) mass is 373 g/mol. The standard InChI is InChI=1S/C19H20BrNO2/c1-14-12-16(9-10-17(14)20)18-8-5-11-21(18)19(22)23-13-15-6-3-2-4-7-15/h2-4,6-7,9-10,12,18H,5,8,11,13H2,1H3. The van der Waals surface area contributed by atoms with Gasteiger partial charge in [-0.05, 0) is 42.5 Å². The molecular formula is C19H20BrNO2. The average molecular weight is 374 g/mol. The minimum atomic E-state index is -0.225. The van der Waals surface area contributed by atoms with Crippen molar-refractivity contribution in [2.24, 2.45) is 0 Å². The summed E-state index contributed by atoms with van der Waals surface area (Å²) in [7, 11) is 0. The molecular weight excluding hydrogens is 354 g/mol. The van der Waals surface area contributed by atoms with Crippen LogP contribution in [0.15, 0.2) is 53.0 Å². The van der Waals surface area contributed by atoms with Gasteiger partial charge in [0.15, 0.2) is 0 Å². The van der Waals surface area contributed by atoms with Crippen LogP contribution in [0.3, 0.4) is 0 Å². The maximum absolute atomic E-state index is 12.4. The van der Waals surface area contributed by atoms with Crippen LogP contribution in [0, 0.1) is 6.92 Å². The van der Waals surface area contributed by atoms with Gasteiger partial charge in [0.1, 0.15) is 6.61 Å². The average Bonchev–Trinajstić information content (AvgIpc) is 3.06. The topological polar surface area (TPSA) is 29.5 Å². The van der Waals surface area contributed by atoms with Crippen molar-refractivity contribution in [3.8, 4) is 0 Å². The second-order valence-corrected chi connectivity index (χ2v) is 6.75. The van der Waals surface area contributed by atoms with Crippen molar-refractivity contribution in [1.29, 1.82) is 0 Å². The third-order valence-electron chi connectivity index (χ3n) is 4.26. The van der Waals surface area contributed by atoms with Crippen molar-refractivity contribution in [3.05, 3.63) is 69.7 Å². The Kier molecular flexibility index (Phi) is 5.01. The lowest BCUT2D eigenvalue weighted by Gasteiger charge is -2.25. The van der Waals surface area contributed by atoms with Crippen LogP contribution in [0.5, 0.6) is 0 Å². The first kappa shape index (κ1) is 16.1. The zero-order valence-corrected chi connectivity index (χ0v) is 14.8. The van der Waals surface area contributed by atoms with Crippen LogP contribution in [0.25, 0.3) is 0 Å². The fourth-order valence-electron chi connectivity index (χ4n) is 3.01. The molecule has 1 unspecified atom stereocenters. The Morgan fingerprint density at radius 2 is 2.04 bits per heavy atom. The molecule has 23 heavy (non-hydrogen) atoms. The van der Waals surface area contributed by atoms with Crippen molar-refractivity contribution >= 4 is 22.0 Å². The molecule has 2 aromatic rings. The predicted molar refractivity (Wildman–Crippen MR) is 94.2 cm³/mol. The molecule has 4 heteroatoms. The number of halogens is 1. The number of likely N-dealkylation sites (tertiary alicyclic amines) is 1. The Balaban J connectivity index is 1.68. The molecule has 1 heterocycles. The van der Waals surface area contributed by atoms with E-state index in [0.29, 0.717) is 6.61 Å². The normalized spacial score (nSPS) is 17.3. The van der Waals surface area contributed by atoms with E-state index < -0.39 is 0 Å². The van der Waals surface area contributed by atoms with E-state index in [1.165, 1.54) is 11.1 Å². The summed E-state index contributed by atoms with van der Waals surface area (Å²) in [6, 6.07) is 16.2. The van der Waals surface area contributed by atoms with Crippen LogP contribution in [0.1, 0.15) is 35.6 Å². The van der Waals surface area contributed by atoms with Crippen LogP contribution in [-0.4, -0.2) is 17.5 Å². The Morgan fingerprint density at radius 3 is 2.78 bits per heavy atom. The molecule has 1 aliphatic rings. The summed E-state index contributed by atoms with van der Waals surface area (Å²) in [4.78, 5) is 14.3. The zero-order valence-electron chi connectivity index (χ0n) is 13.2. The minimum absolute atomic E-state index is 0.116. The molecule has 0 bridgehead atoms. The van der Waals surface area contributed by atoms with Crippen molar-refractivity contribution in [3.63, 3.8) is 0 Å². The Morgan fingerprint density at radius 1 is 1.26 bits per heavy atom. The summed E-state index contributed by atoms with van der Waals surface area (Å²) in [5, 5.41) is 0. The Hall–Kier alpha value is -1.81. The second-order valence-electron chi connectivity index (χ2n) is 5.90. The van der Waals surface area contributed by atoms with Gasteiger partial charge in [-0.25, -0.2) is 4.79 Å². The number of amides is 1. The molecule has 120 valence electrons. The van der Waals surface area contributed by atoms with E-state index in [1.54, 1.807) is 0 Å². The molecule has 0 radical (unpaired) electrons. The van der Waals surface area contributed by atoms with Gasteiger partial charge < -0.3 is 9.64 Å². The maximum atomic E-state index is 12.4. The fourth-order valence-corrected chi connectivity index (χ4v) is 3.26. The highest BCUT2D eigenvalue weighted by Crippen LogP contribution is 2.34.